The second-order valence-corrected chi connectivity index (χ2v) is 11.8. The van der Waals surface area contributed by atoms with Gasteiger partial charge in [0.2, 0.25) is 0 Å². The van der Waals surface area contributed by atoms with E-state index >= 15 is 0 Å². The molecule has 216 valence electrons. The summed E-state index contributed by atoms with van der Waals surface area (Å²) in [5.74, 6) is 0. The van der Waals surface area contributed by atoms with Crippen molar-refractivity contribution >= 4 is 7.82 Å². The van der Waals surface area contributed by atoms with Gasteiger partial charge >= 0.3 is 7.82 Å². The molecule has 2 heterocycles. The van der Waals surface area contributed by atoms with E-state index in [2.05, 4.69) is 13.8 Å². The van der Waals surface area contributed by atoms with Gasteiger partial charge < -0.3 is 28.9 Å². The van der Waals surface area contributed by atoms with Crippen LogP contribution in [0.4, 0.5) is 0 Å². The van der Waals surface area contributed by atoms with Crippen LogP contribution in [0.5, 0.6) is 0 Å². The predicted octanol–water partition coefficient (Wildman–Crippen LogP) is 7.45. The van der Waals surface area contributed by atoms with Gasteiger partial charge in [-0.1, -0.05) is 90.9 Å². The molecule has 0 spiro atoms. The van der Waals surface area contributed by atoms with Gasteiger partial charge in [0.05, 0.1) is 24.4 Å². The Morgan fingerprint density at radius 3 is 1.31 bits per heavy atom. The Morgan fingerprint density at radius 1 is 0.667 bits per heavy atom. The monoisotopic (exact) mass is 536 g/mol. The Bertz CT molecular complexity index is 490. The minimum Gasteiger partial charge on any atom is -0.378 e. The fourth-order valence-corrected chi connectivity index (χ4v) is 4.91. The molecule has 2 aliphatic rings. The van der Waals surface area contributed by atoms with Gasteiger partial charge in [-0.2, -0.15) is 0 Å². The van der Waals surface area contributed by atoms with E-state index in [1.807, 2.05) is 0 Å². The first-order valence-electron chi connectivity index (χ1n) is 15.0. The predicted molar refractivity (Wildman–Crippen MR) is 146 cm³/mol. The van der Waals surface area contributed by atoms with Crippen LogP contribution in [0, 0.1) is 0 Å². The highest BCUT2D eigenvalue weighted by Crippen LogP contribution is 2.27. The lowest BCUT2D eigenvalue weighted by molar-refractivity contribution is -0.0860. The lowest BCUT2D eigenvalue weighted by Crippen LogP contribution is -2.31. The Balaban J connectivity index is 0.00000118. The zero-order chi connectivity index (χ0) is 26.5. The number of unbranched alkanes of at least 4 members (excludes halogenated alkanes) is 10. The van der Waals surface area contributed by atoms with E-state index in [9.17, 15) is 0 Å². The highest BCUT2D eigenvalue weighted by Gasteiger charge is 2.24. The molecular weight excluding hydrogens is 479 g/mol. The Kier molecular flexibility index (Phi) is 20.7. The van der Waals surface area contributed by atoms with Crippen molar-refractivity contribution < 1.29 is 33.5 Å². The Hall–Kier alpha value is -0.0100. The molecule has 4 unspecified atom stereocenters. The second-order valence-electron chi connectivity index (χ2n) is 10.7. The molecule has 3 N–H and O–H groups in total. The summed E-state index contributed by atoms with van der Waals surface area (Å²) in [4.78, 5) is 21.6. The lowest BCUT2D eigenvalue weighted by atomic mass is 9.98. The smallest absolute Gasteiger partial charge is 0.378 e. The second kappa shape index (κ2) is 21.9. The van der Waals surface area contributed by atoms with Gasteiger partial charge in [-0.25, -0.2) is 4.57 Å². The van der Waals surface area contributed by atoms with Crippen LogP contribution in [0.1, 0.15) is 142 Å². The summed E-state index contributed by atoms with van der Waals surface area (Å²) in [6.45, 7) is 6.53. The van der Waals surface area contributed by atoms with Crippen LogP contribution in [-0.2, 0) is 18.8 Å². The molecule has 36 heavy (non-hydrogen) atoms. The summed E-state index contributed by atoms with van der Waals surface area (Å²) < 4.78 is 27.1. The van der Waals surface area contributed by atoms with Crippen LogP contribution in [0.2, 0.25) is 0 Å². The fraction of sp³-hybridized carbons (Fsp3) is 1.00. The van der Waals surface area contributed by atoms with Gasteiger partial charge in [-0.3, -0.25) is 0 Å². The maximum atomic E-state index is 8.88. The molecule has 0 bridgehead atoms. The van der Waals surface area contributed by atoms with E-state index in [1.54, 1.807) is 0 Å². The quantitative estimate of drug-likeness (QED) is 0.0974. The van der Waals surface area contributed by atoms with Crippen molar-refractivity contribution in [1.29, 1.82) is 0 Å². The average molecular weight is 537 g/mol. The molecule has 0 aromatic carbocycles. The van der Waals surface area contributed by atoms with Crippen LogP contribution >= 0.6 is 7.82 Å². The van der Waals surface area contributed by atoms with Gasteiger partial charge in [0.1, 0.15) is 0 Å². The summed E-state index contributed by atoms with van der Waals surface area (Å²) in [6, 6.07) is 0. The Labute approximate surface area is 221 Å². The summed E-state index contributed by atoms with van der Waals surface area (Å²) in [5, 5.41) is 0. The first-order chi connectivity index (χ1) is 17.3. The van der Waals surface area contributed by atoms with E-state index in [0.717, 1.165) is 13.2 Å². The van der Waals surface area contributed by atoms with Crippen molar-refractivity contribution in [3.8, 4) is 0 Å². The summed E-state index contributed by atoms with van der Waals surface area (Å²) >= 11 is 0. The van der Waals surface area contributed by atoms with Gasteiger partial charge in [0, 0.05) is 13.2 Å². The molecule has 2 rings (SSSR count). The maximum Gasteiger partial charge on any atom is 0.466 e. The van der Waals surface area contributed by atoms with Crippen LogP contribution in [-0.4, -0.2) is 52.3 Å². The number of ether oxygens (including phenoxy) is 3. The highest BCUT2D eigenvalue weighted by molar-refractivity contribution is 7.45. The molecule has 0 aromatic rings. The van der Waals surface area contributed by atoms with Crippen LogP contribution in [0.3, 0.4) is 0 Å². The zero-order valence-electron chi connectivity index (χ0n) is 23.3. The van der Waals surface area contributed by atoms with Crippen LogP contribution in [0.15, 0.2) is 0 Å². The first kappa shape index (κ1) is 34.0. The van der Waals surface area contributed by atoms with E-state index in [0.29, 0.717) is 24.4 Å². The molecule has 0 radical (unpaired) electrons. The summed E-state index contributed by atoms with van der Waals surface area (Å²) in [5.41, 5.74) is 0. The topological polar surface area (TPSA) is 105 Å². The van der Waals surface area contributed by atoms with Crippen molar-refractivity contribution in [2.45, 2.75) is 167 Å². The molecule has 7 nitrogen and oxygen atoms in total. The third-order valence-corrected chi connectivity index (χ3v) is 7.35. The minimum atomic E-state index is -4.64. The van der Waals surface area contributed by atoms with E-state index in [4.69, 9.17) is 33.5 Å². The largest absolute Gasteiger partial charge is 0.466 e. The third-order valence-electron chi connectivity index (χ3n) is 7.35. The summed E-state index contributed by atoms with van der Waals surface area (Å²) in [7, 11) is -4.64. The number of phosphoric acid groups is 1. The number of hydrogen-bond donors (Lipinski definition) is 3. The lowest BCUT2D eigenvalue weighted by Gasteiger charge is -2.32. The first-order valence-corrected chi connectivity index (χ1v) is 16.5. The number of hydrogen-bond acceptors (Lipinski definition) is 4. The molecule has 0 amide bonds. The van der Waals surface area contributed by atoms with E-state index < -0.39 is 7.82 Å². The Morgan fingerprint density at radius 2 is 1.00 bits per heavy atom. The average Bonchev–Trinajstić information content (AvgIpc) is 2.74. The molecular formula is C28H57O7P. The molecule has 2 fully saturated rings. The van der Waals surface area contributed by atoms with Crippen molar-refractivity contribution in [3.63, 3.8) is 0 Å². The van der Waals surface area contributed by atoms with Crippen molar-refractivity contribution in [1.82, 2.24) is 0 Å². The van der Waals surface area contributed by atoms with Gasteiger partial charge in [-0.15, -0.1) is 0 Å². The zero-order valence-corrected chi connectivity index (χ0v) is 24.2. The standard InChI is InChI=1S/C28H54O3.H3O4P/c1-3-5-7-9-11-13-15-27(19-17-25-21-23-29-25)31-28(20-18-26-22-24-30-26)16-14-12-10-8-6-4-2;1-5(2,3)4/h25-28H,3-24H2,1-2H3;(H3,1,2,3,4). The van der Waals surface area contributed by atoms with Crippen LogP contribution in [0.25, 0.3) is 0 Å². The SMILES string of the molecule is CCCCCCCCC(CCC1CCO1)OC(CCCCCCCC)CCC1CCO1.O=P(O)(O)O. The van der Waals surface area contributed by atoms with Crippen molar-refractivity contribution in [2.24, 2.45) is 0 Å². The number of rotatable bonds is 22. The molecule has 8 heteroatoms. The maximum absolute atomic E-state index is 8.88. The molecule has 0 aromatic heterocycles. The van der Waals surface area contributed by atoms with Gasteiger partial charge in [0.25, 0.3) is 0 Å². The minimum absolute atomic E-state index is 0.433. The fourth-order valence-electron chi connectivity index (χ4n) is 4.91. The summed E-state index contributed by atoms with van der Waals surface area (Å²) in [6.07, 6.45) is 28.1. The van der Waals surface area contributed by atoms with Crippen molar-refractivity contribution in [2.75, 3.05) is 13.2 Å². The van der Waals surface area contributed by atoms with Crippen LogP contribution < -0.4 is 0 Å². The third kappa shape index (κ3) is 21.0. The molecule has 0 saturated carbocycles. The molecule has 2 aliphatic heterocycles. The van der Waals surface area contributed by atoms with E-state index in [-0.39, 0.29) is 0 Å². The highest BCUT2D eigenvalue weighted by atomic mass is 31.2. The van der Waals surface area contributed by atoms with E-state index in [1.165, 1.54) is 128 Å². The van der Waals surface area contributed by atoms with Gasteiger partial charge in [-0.05, 0) is 51.4 Å². The van der Waals surface area contributed by atoms with Gasteiger partial charge in [0.15, 0.2) is 0 Å². The molecule has 0 aliphatic carbocycles. The van der Waals surface area contributed by atoms with Crippen molar-refractivity contribution in [3.05, 3.63) is 0 Å². The molecule has 2 saturated heterocycles. The normalized spacial score (nSPS) is 21.1. The molecule has 4 atom stereocenters.